The maximum Gasteiger partial charge on any atom is 0.140 e. The molecule has 2 rings (SSSR count). The zero-order valence-electron chi connectivity index (χ0n) is 8.17. The molecule has 0 aromatic carbocycles. The van der Waals surface area contributed by atoms with E-state index in [9.17, 15) is 4.79 Å². The molecule has 1 unspecified atom stereocenters. The lowest BCUT2D eigenvalue weighted by Gasteiger charge is -2.28. The lowest BCUT2D eigenvalue weighted by Crippen LogP contribution is -2.25. The summed E-state index contributed by atoms with van der Waals surface area (Å²) in [6, 6.07) is 0. The Morgan fingerprint density at radius 1 is 1.15 bits per heavy atom. The quantitative estimate of drug-likeness (QED) is 0.564. The summed E-state index contributed by atoms with van der Waals surface area (Å²) in [5.41, 5.74) is 0. The molecule has 0 saturated heterocycles. The Morgan fingerprint density at radius 2 is 1.92 bits per heavy atom. The van der Waals surface area contributed by atoms with Gasteiger partial charge in [-0.1, -0.05) is 31.4 Å². The molecule has 1 nitrogen and oxygen atoms in total. The van der Waals surface area contributed by atoms with Crippen LogP contribution in [0.5, 0.6) is 0 Å². The Hall–Kier alpha value is -0.590. The molecule has 2 aliphatic carbocycles. The number of Topliss-reactive ketones (excluding diaryl/α,β-unsaturated/α-hetero) is 1. The minimum absolute atomic E-state index is 0.286. The van der Waals surface area contributed by atoms with Gasteiger partial charge in [0, 0.05) is 12.3 Å². The van der Waals surface area contributed by atoms with Gasteiger partial charge in [-0.3, -0.25) is 4.79 Å². The summed E-state index contributed by atoms with van der Waals surface area (Å²) in [5, 5.41) is 0. The molecule has 1 heteroatoms. The van der Waals surface area contributed by atoms with Crippen molar-refractivity contribution in [2.75, 3.05) is 0 Å². The SMILES string of the molecule is O=C1CCC=CC1C1CCCCC1. The average molecular weight is 178 g/mol. The van der Waals surface area contributed by atoms with Crippen LogP contribution in [0.25, 0.3) is 0 Å². The number of rotatable bonds is 1. The Balaban J connectivity index is 2.00. The van der Waals surface area contributed by atoms with E-state index in [1.165, 1.54) is 32.1 Å². The average Bonchev–Trinajstić information content (AvgIpc) is 2.20. The van der Waals surface area contributed by atoms with Crippen LogP contribution in [0.1, 0.15) is 44.9 Å². The van der Waals surface area contributed by atoms with Gasteiger partial charge in [-0.15, -0.1) is 0 Å². The third kappa shape index (κ3) is 2.01. The van der Waals surface area contributed by atoms with Gasteiger partial charge in [0.05, 0.1) is 0 Å². The van der Waals surface area contributed by atoms with Gasteiger partial charge in [0.15, 0.2) is 0 Å². The number of ketones is 1. The number of hydrogen-bond acceptors (Lipinski definition) is 1. The second-order valence-electron chi connectivity index (χ2n) is 4.36. The Kier molecular flexibility index (Phi) is 2.82. The summed E-state index contributed by atoms with van der Waals surface area (Å²) in [4.78, 5) is 11.6. The normalized spacial score (nSPS) is 30.8. The van der Waals surface area contributed by atoms with Gasteiger partial charge in [-0.05, 0) is 25.2 Å². The minimum atomic E-state index is 0.286. The van der Waals surface area contributed by atoms with Crippen molar-refractivity contribution in [2.45, 2.75) is 44.9 Å². The molecular formula is C12H18O. The molecule has 0 aromatic heterocycles. The highest BCUT2D eigenvalue weighted by atomic mass is 16.1. The monoisotopic (exact) mass is 178 g/mol. The second kappa shape index (κ2) is 4.08. The molecule has 0 N–H and O–H groups in total. The zero-order chi connectivity index (χ0) is 9.10. The van der Waals surface area contributed by atoms with Gasteiger partial charge >= 0.3 is 0 Å². The van der Waals surface area contributed by atoms with E-state index in [-0.39, 0.29) is 5.92 Å². The Morgan fingerprint density at radius 3 is 2.62 bits per heavy atom. The molecular weight excluding hydrogens is 160 g/mol. The summed E-state index contributed by atoms with van der Waals surface area (Å²) in [7, 11) is 0. The highest BCUT2D eigenvalue weighted by Gasteiger charge is 2.27. The van der Waals surface area contributed by atoms with Gasteiger partial charge < -0.3 is 0 Å². The van der Waals surface area contributed by atoms with Crippen molar-refractivity contribution in [3.05, 3.63) is 12.2 Å². The molecule has 0 amide bonds. The lowest BCUT2D eigenvalue weighted by atomic mass is 9.75. The second-order valence-corrected chi connectivity index (χ2v) is 4.36. The first-order chi connectivity index (χ1) is 6.38. The molecule has 0 aliphatic heterocycles. The van der Waals surface area contributed by atoms with E-state index >= 15 is 0 Å². The Bertz CT molecular complexity index is 211. The smallest absolute Gasteiger partial charge is 0.140 e. The predicted octanol–water partition coefficient (Wildman–Crippen LogP) is 3.10. The fourth-order valence-electron chi connectivity index (χ4n) is 2.66. The molecule has 1 fully saturated rings. The van der Waals surface area contributed by atoms with Gasteiger partial charge in [0.25, 0.3) is 0 Å². The van der Waals surface area contributed by atoms with Crippen LogP contribution < -0.4 is 0 Å². The van der Waals surface area contributed by atoms with E-state index in [1.807, 2.05) is 0 Å². The predicted molar refractivity (Wildman–Crippen MR) is 53.4 cm³/mol. The standard InChI is InChI=1S/C12H18O/c13-12-9-5-4-8-11(12)10-6-2-1-3-7-10/h4,8,10-11H,1-3,5-7,9H2. The van der Waals surface area contributed by atoms with Crippen molar-refractivity contribution in [1.82, 2.24) is 0 Å². The van der Waals surface area contributed by atoms with Crippen molar-refractivity contribution >= 4 is 5.78 Å². The molecule has 13 heavy (non-hydrogen) atoms. The topological polar surface area (TPSA) is 17.1 Å². The van der Waals surface area contributed by atoms with Crippen LogP contribution >= 0.6 is 0 Å². The lowest BCUT2D eigenvalue weighted by molar-refractivity contribution is -0.123. The molecule has 0 spiro atoms. The first-order valence-electron chi connectivity index (χ1n) is 5.57. The van der Waals surface area contributed by atoms with Gasteiger partial charge in [-0.2, -0.15) is 0 Å². The van der Waals surface area contributed by atoms with Crippen LogP contribution in [-0.4, -0.2) is 5.78 Å². The molecule has 1 atom stereocenters. The van der Waals surface area contributed by atoms with Crippen LogP contribution in [0.3, 0.4) is 0 Å². The summed E-state index contributed by atoms with van der Waals surface area (Å²) in [5.74, 6) is 1.46. The molecule has 0 heterocycles. The summed E-state index contributed by atoms with van der Waals surface area (Å²) in [6.45, 7) is 0. The van der Waals surface area contributed by atoms with E-state index in [4.69, 9.17) is 0 Å². The van der Waals surface area contributed by atoms with Crippen LogP contribution in [0, 0.1) is 11.8 Å². The third-order valence-corrected chi connectivity index (χ3v) is 3.43. The van der Waals surface area contributed by atoms with E-state index < -0.39 is 0 Å². The Labute approximate surface area is 80.2 Å². The summed E-state index contributed by atoms with van der Waals surface area (Å²) >= 11 is 0. The number of allylic oxidation sites excluding steroid dienone is 2. The van der Waals surface area contributed by atoms with Crippen molar-refractivity contribution in [3.8, 4) is 0 Å². The summed E-state index contributed by atoms with van der Waals surface area (Å²) < 4.78 is 0. The minimum Gasteiger partial charge on any atom is -0.299 e. The van der Waals surface area contributed by atoms with Gasteiger partial charge in [0.2, 0.25) is 0 Å². The van der Waals surface area contributed by atoms with E-state index in [0.717, 1.165) is 12.8 Å². The third-order valence-electron chi connectivity index (χ3n) is 3.43. The molecule has 0 radical (unpaired) electrons. The number of hydrogen-bond donors (Lipinski definition) is 0. The fraction of sp³-hybridized carbons (Fsp3) is 0.750. The highest BCUT2D eigenvalue weighted by molar-refractivity contribution is 5.84. The maximum atomic E-state index is 11.6. The van der Waals surface area contributed by atoms with Crippen molar-refractivity contribution in [1.29, 1.82) is 0 Å². The fourth-order valence-corrected chi connectivity index (χ4v) is 2.66. The van der Waals surface area contributed by atoms with Crippen LogP contribution in [0.4, 0.5) is 0 Å². The van der Waals surface area contributed by atoms with Crippen LogP contribution in [0.15, 0.2) is 12.2 Å². The van der Waals surface area contributed by atoms with Crippen molar-refractivity contribution in [2.24, 2.45) is 11.8 Å². The first-order valence-corrected chi connectivity index (χ1v) is 5.57. The van der Waals surface area contributed by atoms with Gasteiger partial charge in [-0.25, -0.2) is 0 Å². The van der Waals surface area contributed by atoms with E-state index in [0.29, 0.717) is 11.7 Å². The van der Waals surface area contributed by atoms with Crippen molar-refractivity contribution in [3.63, 3.8) is 0 Å². The summed E-state index contributed by atoms with van der Waals surface area (Å²) in [6.07, 6.45) is 12.7. The van der Waals surface area contributed by atoms with Crippen molar-refractivity contribution < 1.29 is 4.79 Å². The first kappa shape index (κ1) is 8.98. The number of carbonyl (C=O) groups excluding carboxylic acids is 1. The molecule has 0 bridgehead atoms. The van der Waals surface area contributed by atoms with E-state index in [1.54, 1.807) is 0 Å². The van der Waals surface area contributed by atoms with Crippen LogP contribution in [0.2, 0.25) is 0 Å². The zero-order valence-corrected chi connectivity index (χ0v) is 8.17. The molecule has 1 saturated carbocycles. The van der Waals surface area contributed by atoms with Gasteiger partial charge in [0.1, 0.15) is 5.78 Å². The molecule has 72 valence electrons. The highest BCUT2D eigenvalue weighted by Crippen LogP contribution is 2.33. The number of carbonyl (C=O) groups is 1. The molecule has 2 aliphatic rings. The largest absolute Gasteiger partial charge is 0.299 e. The van der Waals surface area contributed by atoms with Crippen LogP contribution in [-0.2, 0) is 4.79 Å². The maximum absolute atomic E-state index is 11.6. The van der Waals surface area contributed by atoms with E-state index in [2.05, 4.69) is 12.2 Å². The molecule has 0 aromatic rings.